The number of nitrogens with zero attached hydrogens (tertiary/aromatic N) is 7. The van der Waals surface area contributed by atoms with Gasteiger partial charge in [0, 0.05) is 28.1 Å². The van der Waals surface area contributed by atoms with Crippen molar-refractivity contribution < 1.29 is 34.2 Å². The van der Waals surface area contributed by atoms with Crippen molar-refractivity contribution in [3.05, 3.63) is 39.4 Å². The van der Waals surface area contributed by atoms with Gasteiger partial charge in [-0.2, -0.15) is 9.50 Å². The topological polar surface area (TPSA) is 228 Å². The van der Waals surface area contributed by atoms with Gasteiger partial charge in [0.05, 0.1) is 0 Å². The Balaban J connectivity index is 1.37. The average Bonchev–Trinajstić information content (AvgIpc) is 3.56. The van der Waals surface area contributed by atoms with Crippen LogP contribution in [0.5, 0.6) is 0 Å². The molecule has 1 fully saturated rings. The second-order valence-corrected chi connectivity index (χ2v) is 11.6. The third kappa shape index (κ3) is 5.06. The molecule has 214 valence electrons. The number of hydrogen-bond donors (Lipinski definition) is 4. The highest BCUT2D eigenvalue weighted by molar-refractivity contribution is 8.01. The Labute approximate surface area is 243 Å². The second-order valence-electron chi connectivity index (χ2n) is 8.68. The van der Waals surface area contributed by atoms with Crippen LogP contribution < -0.4 is 11.1 Å². The Morgan fingerprint density at radius 2 is 2.00 bits per heavy atom. The summed E-state index contributed by atoms with van der Waals surface area (Å²) in [5.41, 5.74) is 7.30. The summed E-state index contributed by atoms with van der Waals surface area (Å²) in [4.78, 5) is 67.9. The summed E-state index contributed by atoms with van der Waals surface area (Å²) < 4.78 is 1.31. The normalized spacial score (nSPS) is 18.8. The number of carboxylic acid groups (broad SMARTS) is 2. The zero-order valence-corrected chi connectivity index (χ0v) is 24.0. The Morgan fingerprint density at radius 1 is 1.24 bits per heavy atom. The number of aromatic carboxylic acids is 1. The number of anilines is 1. The number of oxime groups is 1. The van der Waals surface area contributed by atoms with Crippen LogP contribution in [0, 0.1) is 13.8 Å². The average molecular weight is 620 g/mol. The molecule has 2 aliphatic rings. The fraction of sp³-hybridized carbons (Fsp3) is 0.318. The summed E-state index contributed by atoms with van der Waals surface area (Å²) >= 11 is 3.64. The number of carbonyl (C=O) groups is 4. The number of rotatable bonds is 9. The van der Waals surface area contributed by atoms with Gasteiger partial charge in [0.15, 0.2) is 10.8 Å². The maximum absolute atomic E-state index is 13.1. The number of fused-ring (bicyclic) bond motifs is 2. The van der Waals surface area contributed by atoms with Gasteiger partial charge in [-0.15, -0.1) is 40.0 Å². The smallest absolute Gasteiger partial charge is 0.375 e. The lowest BCUT2D eigenvalue weighted by Crippen LogP contribution is -2.71. The van der Waals surface area contributed by atoms with E-state index in [2.05, 4.69) is 30.5 Å². The van der Waals surface area contributed by atoms with E-state index >= 15 is 0 Å². The fourth-order valence-corrected chi connectivity index (χ4v) is 7.35. The first kappa shape index (κ1) is 28.3. The van der Waals surface area contributed by atoms with E-state index in [1.807, 2.05) is 0 Å². The number of carbonyl (C=O) groups excluding carboxylic acids is 2. The SMILES string of the molecule is CO/N=C(\C(=O)N[C@@H]1C(=O)N2C(C(=O)O)=C(CSc3c(C)c(C)nc4nc(C(=O)O)nn34)CS[C@H]12)c1csc(N)n1. The van der Waals surface area contributed by atoms with Crippen molar-refractivity contribution >= 4 is 75.2 Å². The van der Waals surface area contributed by atoms with E-state index in [9.17, 15) is 29.4 Å². The van der Waals surface area contributed by atoms with E-state index in [4.69, 9.17) is 10.6 Å². The predicted octanol–water partition coefficient (Wildman–Crippen LogP) is 0.359. The molecule has 2 atom stereocenters. The van der Waals surface area contributed by atoms with Crippen molar-refractivity contribution in [2.45, 2.75) is 30.3 Å². The molecule has 5 heterocycles. The molecule has 0 aliphatic carbocycles. The molecular weight excluding hydrogens is 598 g/mol. The molecule has 3 aromatic rings. The van der Waals surface area contributed by atoms with Crippen molar-refractivity contribution in [2.24, 2.45) is 5.16 Å². The van der Waals surface area contributed by atoms with Crippen LogP contribution in [0.1, 0.15) is 27.6 Å². The number of nitrogens with one attached hydrogen (secondary N) is 1. The molecule has 0 unspecified atom stereocenters. The highest BCUT2D eigenvalue weighted by Crippen LogP contribution is 2.42. The highest BCUT2D eigenvalue weighted by atomic mass is 32.2. The van der Waals surface area contributed by atoms with E-state index in [1.165, 1.54) is 40.5 Å². The van der Waals surface area contributed by atoms with Gasteiger partial charge < -0.3 is 26.1 Å². The lowest BCUT2D eigenvalue weighted by atomic mass is 10.0. The zero-order valence-electron chi connectivity index (χ0n) is 21.5. The number of carboxylic acids is 2. The Morgan fingerprint density at radius 3 is 2.63 bits per heavy atom. The number of nitrogens with two attached hydrogens (primary N) is 1. The number of amides is 2. The van der Waals surface area contributed by atoms with E-state index in [1.54, 1.807) is 13.8 Å². The fourth-order valence-electron chi connectivity index (χ4n) is 4.17. The number of aliphatic carboxylic acids is 1. The summed E-state index contributed by atoms with van der Waals surface area (Å²) in [6.07, 6.45) is 0. The van der Waals surface area contributed by atoms with Gasteiger partial charge in [-0.3, -0.25) is 14.5 Å². The van der Waals surface area contributed by atoms with Crippen molar-refractivity contribution in [2.75, 3.05) is 24.3 Å². The van der Waals surface area contributed by atoms with Crippen LogP contribution in [0.3, 0.4) is 0 Å². The van der Waals surface area contributed by atoms with Crippen LogP contribution in [0.2, 0.25) is 0 Å². The van der Waals surface area contributed by atoms with Gasteiger partial charge >= 0.3 is 11.9 Å². The highest BCUT2D eigenvalue weighted by Gasteiger charge is 2.54. The summed E-state index contributed by atoms with van der Waals surface area (Å²) in [7, 11) is 1.26. The number of aryl methyl sites for hydroxylation is 1. The molecule has 41 heavy (non-hydrogen) atoms. The Hall–Kier alpha value is -4.23. The molecule has 5 rings (SSSR count). The monoisotopic (exact) mass is 619 g/mol. The number of β-lactam (4-membered cyclic amide) rings is 1. The van der Waals surface area contributed by atoms with E-state index in [0.29, 0.717) is 16.3 Å². The van der Waals surface area contributed by atoms with Gasteiger partial charge in [0.2, 0.25) is 0 Å². The standard InChI is InChI=1S/C22H21N9O7S3/c1-7-8(2)24-22-27-14(20(36)37)28-31(22)17(7)39-4-9-5-40-18-12(16(33)30(18)13(9)19(34)35)26-15(32)11(29-38-3)10-6-41-21(23)25-10/h6,12,18H,4-5H2,1-3H3,(H2,23,25)(H,26,32)(H,34,35)(H,36,37)/b29-11-/t12-,18-/m1/s1. The van der Waals surface area contributed by atoms with E-state index < -0.39 is 41.0 Å². The van der Waals surface area contributed by atoms with Crippen molar-refractivity contribution in [3.63, 3.8) is 0 Å². The minimum atomic E-state index is -1.30. The van der Waals surface area contributed by atoms with Crippen LogP contribution in [-0.4, -0.2) is 99.2 Å². The molecule has 3 aromatic heterocycles. The van der Waals surface area contributed by atoms with Crippen LogP contribution >= 0.6 is 34.9 Å². The van der Waals surface area contributed by atoms with Gasteiger partial charge in [0.1, 0.15) is 34.9 Å². The van der Waals surface area contributed by atoms with E-state index in [0.717, 1.165) is 21.8 Å². The Kier molecular flexibility index (Phi) is 7.58. The maximum atomic E-state index is 13.1. The molecule has 2 amide bonds. The first-order valence-corrected chi connectivity index (χ1v) is 14.6. The van der Waals surface area contributed by atoms with Gasteiger partial charge in [-0.05, 0) is 19.4 Å². The largest absolute Gasteiger partial charge is 0.477 e. The molecule has 5 N–H and O–H groups in total. The molecule has 0 saturated carbocycles. The van der Waals surface area contributed by atoms with Crippen molar-refractivity contribution in [3.8, 4) is 0 Å². The molecule has 0 aromatic carbocycles. The first-order chi connectivity index (χ1) is 19.5. The molecular formula is C22H21N9O7S3. The molecule has 0 radical (unpaired) electrons. The third-order valence-corrected chi connectivity index (χ3v) is 9.45. The van der Waals surface area contributed by atoms with Crippen LogP contribution in [0.15, 0.2) is 26.8 Å². The molecule has 16 nitrogen and oxygen atoms in total. The summed E-state index contributed by atoms with van der Waals surface area (Å²) in [5, 5.41) is 31.3. The van der Waals surface area contributed by atoms with Crippen LogP contribution in [0.4, 0.5) is 5.13 Å². The van der Waals surface area contributed by atoms with Crippen molar-refractivity contribution in [1.29, 1.82) is 0 Å². The van der Waals surface area contributed by atoms with E-state index in [-0.39, 0.29) is 39.5 Å². The van der Waals surface area contributed by atoms with Gasteiger partial charge in [0.25, 0.3) is 23.4 Å². The maximum Gasteiger partial charge on any atom is 0.375 e. The van der Waals surface area contributed by atoms with Gasteiger partial charge in [-0.1, -0.05) is 5.16 Å². The van der Waals surface area contributed by atoms with Crippen LogP contribution in [0.25, 0.3) is 5.78 Å². The summed E-state index contributed by atoms with van der Waals surface area (Å²) in [6, 6.07) is -0.997. The first-order valence-electron chi connectivity index (χ1n) is 11.6. The molecule has 0 bridgehead atoms. The van der Waals surface area contributed by atoms with Crippen LogP contribution in [-0.2, 0) is 19.2 Å². The second kappa shape index (κ2) is 11.0. The number of aromatic nitrogens is 5. The zero-order chi connectivity index (χ0) is 29.6. The third-order valence-electron chi connectivity index (χ3n) is 6.19. The number of thioether (sulfide) groups is 2. The predicted molar refractivity (Wildman–Crippen MR) is 148 cm³/mol. The molecule has 2 aliphatic heterocycles. The Bertz CT molecular complexity index is 1680. The van der Waals surface area contributed by atoms with Gasteiger partial charge in [-0.25, -0.2) is 19.6 Å². The minimum absolute atomic E-state index is 0.103. The summed E-state index contributed by atoms with van der Waals surface area (Å²) in [5.74, 6) is -3.79. The lowest BCUT2D eigenvalue weighted by Gasteiger charge is -2.49. The number of nitrogen functional groups attached to an aromatic ring is 1. The minimum Gasteiger partial charge on any atom is -0.477 e. The molecule has 19 heteroatoms. The van der Waals surface area contributed by atoms with Crippen molar-refractivity contribution in [1.82, 2.24) is 34.8 Å². The molecule has 1 saturated heterocycles. The quantitative estimate of drug-likeness (QED) is 0.0834. The lowest BCUT2D eigenvalue weighted by molar-refractivity contribution is -0.150. The summed E-state index contributed by atoms with van der Waals surface area (Å²) in [6.45, 7) is 3.54. The molecule has 0 spiro atoms. The number of hydrogen-bond acceptors (Lipinski definition) is 14. The number of thiazole rings is 1.